The number of halogens is 2. The van der Waals surface area contributed by atoms with Crippen LogP contribution in [0.3, 0.4) is 0 Å². The quantitative estimate of drug-likeness (QED) is 0.569. The summed E-state index contributed by atoms with van der Waals surface area (Å²) in [5.41, 5.74) is 0.533. The third-order valence-electron chi connectivity index (χ3n) is 5.10. The fraction of sp³-hybridized carbons (Fsp3) is 0.316. The zero-order valence-corrected chi connectivity index (χ0v) is 16.7. The van der Waals surface area contributed by atoms with Gasteiger partial charge in [0, 0.05) is 24.4 Å². The summed E-state index contributed by atoms with van der Waals surface area (Å²) in [6, 6.07) is 3.27. The van der Waals surface area contributed by atoms with Crippen LogP contribution in [0.25, 0.3) is 5.65 Å². The minimum atomic E-state index is -0.658. The van der Waals surface area contributed by atoms with Crippen molar-refractivity contribution in [3.8, 4) is 5.75 Å². The van der Waals surface area contributed by atoms with Crippen LogP contribution < -0.4 is 4.74 Å². The van der Waals surface area contributed by atoms with Crippen molar-refractivity contribution < 1.29 is 14.3 Å². The molecule has 0 N–H and O–H groups in total. The maximum atomic E-state index is 13.0. The van der Waals surface area contributed by atoms with Gasteiger partial charge in [-0.15, -0.1) is 5.10 Å². The summed E-state index contributed by atoms with van der Waals surface area (Å²) in [4.78, 5) is 33.5. The molecule has 1 saturated carbocycles. The Morgan fingerprint density at radius 2 is 1.89 bits per heavy atom. The summed E-state index contributed by atoms with van der Waals surface area (Å²) in [5, 5.41) is 5.13. The SMILES string of the molecule is COc1ccc(C(=O)Cc2c(Cl)cncc2Cl)n2nc(C3(C(C)=O)CC3)nc12. The average Bonchev–Trinajstić information content (AvgIpc) is 3.36. The number of carbonyl (C=O) groups excluding carboxylic acids is 2. The molecule has 0 spiro atoms. The van der Waals surface area contributed by atoms with Crippen molar-refractivity contribution in [2.45, 2.75) is 31.6 Å². The van der Waals surface area contributed by atoms with Crippen LogP contribution in [0, 0.1) is 0 Å². The number of hydrogen-bond donors (Lipinski definition) is 0. The second-order valence-corrected chi connectivity index (χ2v) is 7.59. The summed E-state index contributed by atoms with van der Waals surface area (Å²) in [7, 11) is 1.51. The molecular weight excluding hydrogens is 403 g/mol. The van der Waals surface area contributed by atoms with Gasteiger partial charge in [0.1, 0.15) is 11.5 Å². The van der Waals surface area contributed by atoms with Crippen LogP contribution in [0.4, 0.5) is 0 Å². The highest BCUT2D eigenvalue weighted by atomic mass is 35.5. The molecule has 1 fully saturated rings. The van der Waals surface area contributed by atoms with Gasteiger partial charge in [0.25, 0.3) is 0 Å². The minimum absolute atomic E-state index is 0.0191. The molecule has 0 aromatic carbocycles. The van der Waals surface area contributed by atoms with Gasteiger partial charge in [-0.3, -0.25) is 14.6 Å². The number of rotatable bonds is 6. The zero-order valence-electron chi connectivity index (χ0n) is 15.2. The number of nitrogens with zero attached hydrogens (tertiary/aromatic N) is 4. The predicted molar refractivity (Wildman–Crippen MR) is 103 cm³/mol. The molecule has 0 bridgehead atoms. The summed E-state index contributed by atoms with van der Waals surface area (Å²) < 4.78 is 6.79. The molecule has 144 valence electrons. The molecule has 0 unspecified atom stereocenters. The highest BCUT2D eigenvalue weighted by molar-refractivity contribution is 6.36. The van der Waals surface area contributed by atoms with E-state index in [1.807, 2.05) is 0 Å². The largest absolute Gasteiger partial charge is 0.493 e. The number of methoxy groups -OCH3 is 1. The first-order valence-electron chi connectivity index (χ1n) is 8.64. The van der Waals surface area contributed by atoms with Gasteiger partial charge in [0.15, 0.2) is 23.0 Å². The number of ether oxygens (including phenoxy) is 1. The Balaban J connectivity index is 1.80. The molecule has 3 heterocycles. The molecule has 0 atom stereocenters. The van der Waals surface area contributed by atoms with Crippen LogP contribution in [-0.4, -0.2) is 38.3 Å². The Morgan fingerprint density at radius 1 is 1.21 bits per heavy atom. The Hall–Kier alpha value is -2.51. The van der Waals surface area contributed by atoms with Crippen molar-refractivity contribution in [3.05, 3.63) is 51.7 Å². The molecule has 9 heteroatoms. The Bertz CT molecular complexity index is 1100. The van der Waals surface area contributed by atoms with Crippen molar-refractivity contribution in [2.24, 2.45) is 0 Å². The summed E-state index contributed by atoms with van der Waals surface area (Å²) in [6.07, 6.45) is 4.27. The van der Waals surface area contributed by atoms with E-state index in [0.717, 1.165) is 0 Å². The van der Waals surface area contributed by atoms with Crippen molar-refractivity contribution in [3.63, 3.8) is 0 Å². The second-order valence-electron chi connectivity index (χ2n) is 6.78. The van der Waals surface area contributed by atoms with Crippen molar-refractivity contribution in [2.75, 3.05) is 7.11 Å². The number of Topliss-reactive ketones (excluding diaryl/α,β-unsaturated/α-hetero) is 2. The number of carbonyl (C=O) groups is 2. The molecule has 0 amide bonds. The number of ketones is 2. The molecular formula is C19H16Cl2N4O3. The first-order valence-corrected chi connectivity index (χ1v) is 9.39. The maximum absolute atomic E-state index is 13.0. The molecule has 1 aliphatic carbocycles. The molecule has 7 nitrogen and oxygen atoms in total. The van der Waals surface area contributed by atoms with Crippen LogP contribution >= 0.6 is 23.2 Å². The summed E-state index contributed by atoms with van der Waals surface area (Å²) in [5.74, 6) is 0.658. The van der Waals surface area contributed by atoms with E-state index in [1.165, 1.54) is 30.9 Å². The lowest BCUT2D eigenvalue weighted by Gasteiger charge is -2.08. The lowest BCUT2D eigenvalue weighted by atomic mass is 10.0. The van der Waals surface area contributed by atoms with E-state index in [4.69, 9.17) is 27.9 Å². The van der Waals surface area contributed by atoms with Gasteiger partial charge in [-0.25, -0.2) is 9.50 Å². The van der Waals surface area contributed by atoms with E-state index >= 15 is 0 Å². The predicted octanol–water partition coefficient (Wildman–Crippen LogP) is 3.49. The van der Waals surface area contributed by atoms with Crippen molar-refractivity contribution in [1.82, 2.24) is 19.6 Å². The molecule has 4 rings (SSSR count). The van der Waals surface area contributed by atoms with E-state index in [0.29, 0.717) is 51.4 Å². The number of hydrogen-bond acceptors (Lipinski definition) is 6. The molecule has 0 radical (unpaired) electrons. The lowest BCUT2D eigenvalue weighted by molar-refractivity contribution is -0.119. The average molecular weight is 419 g/mol. The standard InChI is InChI=1S/C19H16Cl2N4O3/c1-10(26)19(5-6-19)18-23-17-16(28-2)4-3-14(25(17)24-18)15(27)7-11-12(20)8-22-9-13(11)21/h3-4,8-9H,5-7H2,1-2H3. The van der Waals surface area contributed by atoms with Crippen LogP contribution in [0.5, 0.6) is 5.75 Å². The summed E-state index contributed by atoms with van der Waals surface area (Å²) in [6.45, 7) is 1.54. The zero-order chi connectivity index (χ0) is 20.1. The fourth-order valence-electron chi connectivity index (χ4n) is 3.23. The van der Waals surface area contributed by atoms with E-state index in [9.17, 15) is 9.59 Å². The first-order chi connectivity index (χ1) is 13.4. The van der Waals surface area contributed by atoms with Crippen LogP contribution in [-0.2, 0) is 16.6 Å². The number of pyridine rings is 2. The van der Waals surface area contributed by atoms with E-state index < -0.39 is 5.41 Å². The van der Waals surface area contributed by atoms with Crippen molar-refractivity contribution in [1.29, 1.82) is 0 Å². The third kappa shape index (κ3) is 2.95. The van der Waals surface area contributed by atoms with Crippen LogP contribution in [0.1, 0.15) is 41.6 Å². The van der Waals surface area contributed by atoms with Gasteiger partial charge in [0.2, 0.25) is 0 Å². The third-order valence-corrected chi connectivity index (χ3v) is 5.75. The molecule has 1 aliphatic rings. The smallest absolute Gasteiger partial charge is 0.198 e. The monoisotopic (exact) mass is 418 g/mol. The minimum Gasteiger partial charge on any atom is -0.493 e. The summed E-state index contributed by atoms with van der Waals surface area (Å²) >= 11 is 12.3. The van der Waals surface area contributed by atoms with Crippen LogP contribution in [0.15, 0.2) is 24.5 Å². The number of fused-ring (bicyclic) bond motifs is 1. The van der Waals surface area contributed by atoms with Crippen molar-refractivity contribution >= 4 is 40.4 Å². The maximum Gasteiger partial charge on any atom is 0.198 e. The van der Waals surface area contributed by atoms with Gasteiger partial charge in [0.05, 0.1) is 22.6 Å². The second kappa shape index (κ2) is 6.83. The van der Waals surface area contributed by atoms with Gasteiger partial charge in [-0.1, -0.05) is 23.2 Å². The van der Waals surface area contributed by atoms with Gasteiger partial charge in [-0.05, 0) is 31.9 Å². The Morgan fingerprint density at radius 3 is 2.46 bits per heavy atom. The molecule has 0 saturated heterocycles. The van der Waals surface area contributed by atoms with E-state index in [-0.39, 0.29) is 18.0 Å². The highest BCUT2D eigenvalue weighted by Crippen LogP contribution is 2.47. The topological polar surface area (TPSA) is 86.5 Å². The van der Waals surface area contributed by atoms with Crippen LogP contribution in [0.2, 0.25) is 10.0 Å². The van der Waals surface area contributed by atoms with Gasteiger partial charge in [-0.2, -0.15) is 0 Å². The first kappa shape index (κ1) is 18.8. The van der Waals surface area contributed by atoms with E-state index in [1.54, 1.807) is 12.1 Å². The Kier molecular flexibility index (Phi) is 4.59. The molecule has 3 aromatic heterocycles. The molecule has 28 heavy (non-hydrogen) atoms. The molecule has 3 aromatic rings. The van der Waals surface area contributed by atoms with E-state index in [2.05, 4.69) is 15.1 Å². The lowest BCUT2D eigenvalue weighted by Crippen LogP contribution is -2.19. The fourth-order valence-corrected chi connectivity index (χ4v) is 3.73. The molecule has 0 aliphatic heterocycles. The normalized spacial score (nSPS) is 14.9. The Labute approximate surface area is 170 Å². The number of aromatic nitrogens is 4. The highest BCUT2D eigenvalue weighted by Gasteiger charge is 2.52. The van der Waals surface area contributed by atoms with Gasteiger partial charge < -0.3 is 4.74 Å². The van der Waals surface area contributed by atoms with Gasteiger partial charge >= 0.3 is 0 Å².